The largest absolute Gasteiger partial charge is 0.450 e. The molecule has 1 aliphatic carbocycles. The van der Waals surface area contributed by atoms with Crippen molar-refractivity contribution in [2.75, 3.05) is 0 Å². The molecule has 0 amide bonds. The number of carbonyl (C=O) groups is 2. The van der Waals surface area contributed by atoms with Crippen LogP contribution in [0.15, 0.2) is 48.5 Å². The van der Waals surface area contributed by atoms with E-state index in [1.54, 1.807) is 12.1 Å². The highest BCUT2D eigenvalue weighted by Gasteiger charge is 2.39. The van der Waals surface area contributed by atoms with E-state index in [9.17, 15) is 22.8 Å². The van der Waals surface area contributed by atoms with Crippen LogP contribution in [0.4, 0.5) is 13.2 Å². The van der Waals surface area contributed by atoms with Gasteiger partial charge in [0.15, 0.2) is 5.78 Å². The van der Waals surface area contributed by atoms with Crippen LogP contribution >= 0.6 is 0 Å². The minimum atomic E-state index is -4.98. The van der Waals surface area contributed by atoms with Gasteiger partial charge in [0.05, 0.1) is 6.42 Å². The number of halogens is 3. The summed E-state index contributed by atoms with van der Waals surface area (Å²) in [6.45, 7) is 2.25. The van der Waals surface area contributed by atoms with Gasteiger partial charge in [-0.2, -0.15) is 13.2 Å². The van der Waals surface area contributed by atoms with Gasteiger partial charge >= 0.3 is 6.18 Å². The molecule has 2 aromatic carbocycles. The maximum absolute atomic E-state index is 12.4. The number of hydrogen-bond donors (Lipinski definition) is 0. The predicted molar refractivity (Wildman–Crippen MR) is 121 cm³/mol. The fraction of sp³-hybridized carbons (Fsp3) is 0.481. The molecule has 0 atom stereocenters. The Morgan fingerprint density at radius 2 is 1.41 bits per heavy atom. The van der Waals surface area contributed by atoms with Crippen molar-refractivity contribution in [1.82, 2.24) is 0 Å². The Labute approximate surface area is 188 Å². The third kappa shape index (κ3) is 6.54. The molecular formula is C27H31F3O2. The third-order valence-corrected chi connectivity index (χ3v) is 6.62. The molecule has 3 rings (SSSR count). The van der Waals surface area contributed by atoms with E-state index in [0.717, 1.165) is 17.0 Å². The van der Waals surface area contributed by atoms with Crippen LogP contribution in [0.5, 0.6) is 0 Å². The van der Waals surface area contributed by atoms with Crippen molar-refractivity contribution in [1.29, 1.82) is 0 Å². The smallest absolute Gasteiger partial charge is 0.294 e. The van der Waals surface area contributed by atoms with Crippen molar-refractivity contribution in [3.8, 4) is 11.1 Å². The number of alkyl halides is 3. The second-order valence-electron chi connectivity index (χ2n) is 8.93. The number of rotatable bonds is 9. The molecule has 2 nitrogen and oxygen atoms in total. The van der Waals surface area contributed by atoms with Crippen molar-refractivity contribution in [3.63, 3.8) is 0 Å². The van der Waals surface area contributed by atoms with Crippen molar-refractivity contribution < 1.29 is 22.8 Å². The quantitative estimate of drug-likeness (QED) is 0.224. The number of unbranched alkanes of at least 4 members (excludes halogenated alkanes) is 2. The summed E-state index contributed by atoms with van der Waals surface area (Å²) in [5.74, 6) is -1.35. The average Bonchev–Trinajstić information content (AvgIpc) is 2.79. The van der Waals surface area contributed by atoms with Gasteiger partial charge in [0.2, 0.25) is 5.78 Å². The van der Waals surface area contributed by atoms with E-state index in [4.69, 9.17) is 0 Å². The van der Waals surface area contributed by atoms with Gasteiger partial charge in [-0.3, -0.25) is 9.59 Å². The van der Waals surface area contributed by atoms with Crippen LogP contribution in [-0.4, -0.2) is 17.7 Å². The molecule has 0 bridgehead atoms. The molecule has 0 saturated heterocycles. The van der Waals surface area contributed by atoms with E-state index in [1.807, 2.05) is 0 Å². The Bertz CT molecular complexity index is 890. The summed E-state index contributed by atoms with van der Waals surface area (Å²) in [6.07, 6.45) is 4.29. The van der Waals surface area contributed by atoms with Gasteiger partial charge in [-0.1, -0.05) is 81.1 Å². The molecule has 0 aromatic heterocycles. The summed E-state index contributed by atoms with van der Waals surface area (Å²) in [7, 11) is 0. The van der Waals surface area contributed by atoms with Gasteiger partial charge in [0, 0.05) is 5.56 Å². The van der Waals surface area contributed by atoms with E-state index in [1.165, 1.54) is 69.1 Å². The minimum absolute atomic E-state index is 0.110. The third-order valence-electron chi connectivity index (χ3n) is 6.62. The van der Waals surface area contributed by atoms with Crippen LogP contribution < -0.4 is 0 Å². The number of carbonyl (C=O) groups excluding carboxylic acids is 2. The number of ketones is 2. The fourth-order valence-electron chi connectivity index (χ4n) is 4.61. The van der Waals surface area contributed by atoms with Crippen molar-refractivity contribution in [3.05, 3.63) is 59.7 Å². The molecule has 0 N–H and O–H groups in total. The molecule has 1 saturated carbocycles. The minimum Gasteiger partial charge on any atom is -0.294 e. The highest BCUT2D eigenvalue weighted by molar-refractivity contribution is 6.09. The maximum Gasteiger partial charge on any atom is 0.450 e. The van der Waals surface area contributed by atoms with Crippen molar-refractivity contribution in [2.45, 2.75) is 76.8 Å². The SMILES string of the molecule is CCCCCC1CCC(c2ccc(-c3ccc(C(=O)CC(=O)C(F)(F)F)cc3)cc2)CC1. The Morgan fingerprint density at radius 1 is 0.844 bits per heavy atom. The summed E-state index contributed by atoms with van der Waals surface area (Å²) in [6, 6.07) is 14.8. The Kier molecular flexibility index (Phi) is 8.27. The van der Waals surface area contributed by atoms with Crippen LogP contribution in [-0.2, 0) is 4.79 Å². The molecule has 5 heteroatoms. The van der Waals surface area contributed by atoms with E-state index < -0.39 is 24.2 Å². The predicted octanol–water partition coefficient (Wildman–Crippen LogP) is 7.91. The van der Waals surface area contributed by atoms with Crippen LogP contribution in [0.2, 0.25) is 0 Å². The lowest BCUT2D eigenvalue weighted by atomic mass is 9.77. The molecule has 32 heavy (non-hydrogen) atoms. The van der Waals surface area contributed by atoms with Crippen LogP contribution in [0.3, 0.4) is 0 Å². The molecule has 0 radical (unpaired) electrons. The van der Waals surface area contributed by atoms with Crippen LogP contribution in [0.1, 0.15) is 86.6 Å². The average molecular weight is 445 g/mol. The standard InChI is InChI=1S/C27H31F3O2/c1-2-3-4-5-19-6-8-20(9-7-19)21-10-12-22(13-11-21)23-14-16-24(17-15-23)25(31)18-26(32)27(28,29)30/h10-17,19-20H,2-9,18H2,1H3. The first-order valence-corrected chi connectivity index (χ1v) is 11.6. The first-order chi connectivity index (χ1) is 15.3. The highest BCUT2D eigenvalue weighted by Crippen LogP contribution is 2.38. The topological polar surface area (TPSA) is 34.1 Å². The first-order valence-electron chi connectivity index (χ1n) is 11.6. The van der Waals surface area contributed by atoms with E-state index >= 15 is 0 Å². The fourth-order valence-corrected chi connectivity index (χ4v) is 4.61. The van der Waals surface area contributed by atoms with E-state index in [2.05, 4.69) is 31.2 Å². The summed E-state index contributed by atoms with van der Waals surface area (Å²) in [4.78, 5) is 23.0. The van der Waals surface area contributed by atoms with Crippen molar-refractivity contribution >= 4 is 11.6 Å². The summed E-state index contributed by atoms with van der Waals surface area (Å²) < 4.78 is 37.1. The highest BCUT2D eigenvalue weighted by atomic mass is 19.4. The molecule has 2 aromatic rings. The first kappa shape index (κ1) is 24.2. The molecule has 0 unspecified atom stereocenters. The summed E-state index contributed by atoms with van der Waals surface area (Å²) >= 11 is 0. The number of benzene rings is 2. The molecular weight excluding hydrogens is 413 g/mol. The van der Waals surface area contributed by atoms with E-state index in [-0.39, 0.29) is 5.56 Å². The number of Topliss-reactive ketones (excluding diaryl/α,β-unsaturated/α-hetero) is 2. The number of hydrogen-bond acceptors (Lipinski definition) is 2. The Balaban J connectivity index is 1.56. The Morgan fingerprint density at radius 3 is 1.94 bits per heavy atom. The molecule has 0 heterocycles. The zero-order valence-electron chi connectivity index (χ0n) is 18.6. The van der Waals surface area contributed by atoms with E-state index in [0.29, 0.717) is 5.92 Å². The molecule has 1 aliphatic rings. The molecule has 0 spiro atoms. The zero-order chi connectivity index (χ0) is 23.1. The van der Waals surface area contributed by atoms with Gasteiger partial charge in [0.1, 0.15) is 0 Å². The second-order valence-corrected chi connectivity index (χ2v) is 8.93. The lowest BCUT2D eigenvalue weighted by molar-refractivity contribution is -0.170. The lowest BCUT2D eigenvalue weighted by Crippen LogP contribution is -2.25. The van der Waals surface area contributed by atoms with Gasteiger partial charge < -0.3 is 0 Å². The molecule has 1 fully saturated rings. The molecule has 172 valence electrons. The molecule has 0 aliphatic heterocycles. The van der Waals surface area contributed by atoms with Gasteiger partial charge in [0.25, 0.3) is 0 Å². The van der Waals surface area contributed by atoms with Crippen LogP contribution in [0, 0.1) is 5.92 Å². The maximum atomic E-state index is 12.4. The normalized spacial score (nSPS) is 19.0. The van der Waals surface area contributed by atoms with Gasteiger partial charge in [-0.25, -0.2) is 0 Å². The van der Waals surface area contributed by atoms with Crippen LogP contribution in [0.25, 0.3) is 11.1 Å². The lowest BCUT2D eigenvalue weighted by Gasteiger charge is -2.29. The zero-order valence-corrected chi connectivity index (χ0v) is 18.6. The summed E-state index contributed by atoms with van der Waals surface area (Å²) in [5, 5.41) is 0. The van der Waals surface area contributed by atoms with Gasteiger partial charge in [-0.05, 0) is 54.2 Å². The summed E-state index contributed by atoms with van der Waals surface area (Å²) in [5.41, 5.74) is 3.35. The van der Waals surface area contributed by atoms with Gasteiger partial charge in [-0.15, -0.1) is 0 Å². The Hall–Kier alpha value is -2.43. The second kappa shape index (κ2) is 10.9. The monoisotopic (exact) mass is 444 g/mol. The van der Waals surface area contributed by atoms with Crippen molar-refractivity contribution in [2.24, 2.45) is 5.92 Å².